The summed E-state index contributed by atoms with van der Waals surface area (Å²) in [6, 6.07) is 4.47. The van der Waals surface area contributed by atoms with Crippen LogP contribution in [0.3, 0.4) is 0 Å². The van der Waals surface area contributed by atoms with Gasteiger partial charge in [-0.3, -0.25) is 0 Å². The van der Waals surface area contributed by atoms with Gasteiger partial charge in [0.1, 0.15) is 0 Å². The van der Waals surface area contributed by atoms with Crippen molar-refractivity contribution in [2.24, 2.45) is 0 Å². The highest BCUT2D eigenvalue weighted by molar-refractivity contribution is 6.17. The van der Waals surface area contributed by atoms with Gasteiger partial charge in [0.25, 0.3) is 0 Å². The monoisotopic (exact) mass is 239 g/mol. The van der Waals surface area contributed by atoms with Gasteiger partial charge in [-0.15, -0.1) is 11.6 Å². The van der Waals surface area contributed by atoms with Crippen molar-refractivity contribution < 1.29 is 0 Å². The summed E-state index contributed by atoms with van der Waals surface area (Å²) in [6.07, 6.45) is 2.16. The first-order valence-electron chi connectivity index (χ1n) is 5.99. The molecule has 1 N–H and O–H groups in total. The van der Waals surface area contributed by atoms with Crippen LogP contribution in [0.5, 0.6) is 0 Å². The van der Waals surface area contributed by atoms with Crippen molar-refractivity contribution in [2.45, 2.75) is 33.6 Å². The fourth-order valence-electron chi connectivity index (χ4n) is 1.82. The molecule has 0 bridgehead atoms. The maximum Gasteiger partial charge on any atom is 0.0235 e. The van der Waals surface area contributed by atoms with Crippen LogP contribution < -0.4 is 5.32 Å². The van der Waals surface area contributed by atoms with Crippen LogP contribution in [0.4, 0.5) is 0 Å². The third-order valence-electron chi connectivity index (χ3n) is 3.23. The smallest absolute Gasteiger partial charge is 0.0235 e. The van der Waals surface area contributed by atoms with Crippen molar-refractivity contribution in [3.63, 3.8) is 0 Å². The third kappa shape index (κ3) is 3.80. The van der Waals surface area contributed by atoms with E-state index in [2.05, 4.69) is 38.2 Å². The molecule has 1 nitrogen and oxygen atoms in total. The largest absolute Gasteiger partial charge is 0.316 e. The van der Waals surface area contributed by atoms with Crippen molar-refractivity contribution in [1.29, 1.82) is 0 Å². The van der Waals surface area contributed by atoms with Crippen molar-refractivity contribution in [2.75, 3.05) is 19.0 Å². The standard InChI is InChI=1S/C14H22ClN/c1-11-5-6-14(13(3)12(11)2)7-10-16-9-4-8-15/h5-6,16H,4,7-10H2,1-3H3. The molecule has 0 fully saturated rings. The van der Waals surface area contributed by atoms with E-state index in [1.165, 1.54) is 22.3 Å². The quantitative estimate of drug-likeness (QED) is 0.593. The number of hydrogen-bond acceptors (Lipinski definition) is 1. The molecule has 0 aliphatic carbocycles. The normalized spacial score (nSPS) is 10.8. The summed E-state index contributed by atoms with van der Waals surface area (Å²) in [5.74, 6) is 0.746. The summed E-state index contributed by atoms with van der Waals surface area (Å²) in [7, 11) is 0. The van der Waals surface area contributed by atoms with Crippen molar-refractivity contribution in [1.82, 2.24) is 5.32 Å². The predicted octanol–water partition coefficient (Wildman–Crippen LogP) is 3.37. The number of rotatable bonds is 6. The van der Waals surface area contributed by atoms with Gasteiger partial charge in [-0.25, -0.2) is 0 Å². The van der Waals surface area contributed by atoms with Gasteiger partial charge >= 0.3 is 0 Å². The third-order valence-corrected chi connectivity index (χ3v) is 3.50. The van der Waals surface area contributed by atoms with Crippen LogP contribution >= 0.6 is 11.6 Å². The van der Waals surface area contributed by atoms with E-state index in [-0.39, 0.29) is 0 Å². The molecule has 16 heavy (non-hydrogen) atoms. The van der Waals surface area contributed by atoms with Crippen LogP contribution in [-0.2, 0) is 6.42 Å². The summed E-state index contributed by atoms with van der Waals surface area (Å²) in [4.78, 5) is 0. The second kappa shape index (κ2) is 6.93. The van der Waals surface area contributed by atoms with Crippen LogP contribution in [0, 0.1) is 20.8 Å². The highest BCUT2D eigenvalue weighted by atomic mass is 35.5. The van der Waals surface area contributed by atoms with Gasteiger partial charge in [-0.2, -0.15) is 0 Å². The van der Waals surface area contributed by atoms with Crippen LogP contribution in [0.1, 0.15) is 28.7 Å². The summed E-state index contributed by atoms with van der Waals surface area (Å²) < 4.78 is 0. The zero-order valence-corrected chi connectivity index (χ0v) is 11.3. The summed E-state index contributed by atoms with van der Waals surface area (Å²) in [6.45, 7) is 8.66. The molecule has 0 atom stereocenters. The Hall–Kier alpha value is -0.530. The summed E-state index contributed by atoms with van der Waals surface area (Å²) >= 11 is 5.62. The molecule has 0 aliphatic heterocycles. The fourth-order valence-corrected chi connectivity index (χ4v) is 1.96. The summed E-state index contributed by atoms with van der Waals surface area (Å²) in [5.41, 5.74) is 5.72. The first-order chi connectivity index (χ1) is 7.66. The molecule has 0 aliphatic rings. The van der Waals surface area contributed by atoms with Gasteiger partial charge in [0.05, 0.1) is 0 Å². The first kappa shape index (κ1) is 13.5. The van der Waals surface area contributed by atoms with Crippen molar-refractivity contribution >= 4 is 11.6 Å². The molecule has 0 saturated heterocycles. The van der Waals surface area contributed by atoms with Crippen molar-refractivity contribution in [3.8, 4) is 0 Å². The average Bonchev–Trinajstić information content (AvgIpc) is 2.28. The van der Waals surface area contributed by atoms with Gasteiger partial charge in [-0.1, -0.05) is 12.1 Å². The van der Waals surface area contributed by atoms with Crippen molar-refractivity contribution in [3.05, 3.63) is 34.4 Å². The fraction of sp³-hybridized carbons (Fsp3) is 0.571. The average molecular weight is 240 g/mol. The van der Waals surface area contributed by atoms with Crippen LogP contribution in [0.25, 0.3) is 0 Å². The van der Waals surface area contributed by atoms with E-state index in [4.69, 9.17) is 11.6 Å². The van der Waals surface area contributed by atoms with E-state index in [1.54, 1.807) is 0 Å². The molecule has 0 radical (unpaired) electrons. The molecule has 0 heterocycles. The predicted molar refractivity (Wildman–Crippen MR) is 72.6 cm³/mol. The molecule has 0 amide bonds. The van der Waals surface area contributed by atoms with E-state index >= 15 is 0 Å². The minimum atomic E-state index is 0.746. The topological polar surface area (TPSA) is 12.0 Å². The minimum Gasteiger partial charge on any atom is -0.316 e. The number of alkyl halides is 1. The van der Waals surface area contributed by atoms with Gasteiger partial charge in [0.15, 0.2) is 0 Å². The highest BCUT2D eigenvalue weighted by Crippen LogP contribution is 2.17. The SMILES string of the molecule is Cc1ccc(CCNCCCCl)c(C)c1C. The lowest BCUT2D eigenvalue weighted by Gasteiger charge is -2.11. The molecule has 2 heteroatoms. The lowest BCUT2D eigenvalue weighted by molar-refractivity contribution is 0.672. The maximum absolute atomic E-state index is 5.62. The van der Waals surface area contributed by atoms with Crippen LogP contribution in [0.2, 0.25) is 0 Å². The molecular formula is C14H22ClN. The molecule has 90 valence electrons. The number of benzene rings is 1. The number of halogens is 1. The Bertz CT molecular complexity index is 334. The molecule has 0 unspecified atom stereocenters. The number of hydrogen-bond donors (Lipinski definition) is 1. The van der Waals surface area contributed by atoms with E-state index in [0.29, 0.717) is 0 Å². The van der Waals surface area contributed by atoms with E-state index in [9.17, 15) is 0 Å². The van der Waals surface area contributed by atoms with E-state index in [1.807, 2.05) is 0 Å². The molecule has 1 aromatic carbocycles. The number of nitrogens with one attached hydrogen (secondary N) is 1. The molecule has 0 saturated carbocycles. The second-order valence-electron chi connectivity index (χ2n) is 4.33. The zero-order valence-electron chi connectivity index (χ0n) is 10.6. The Labute approximate surface area is 104 Å². The lowest BCUT2D eigenvalue weighted by Crippen LogP contribution is -2.19. The lowest BCUT2D eigenvalue weighted by atomic mass is 9.97. The summed E-state index contributed by atoms with van der Waals surface area (Å²) in [5, 5.41) is 3.41. The van der Waals surface area contributed by atoms with Gasteiger partial charge in [-0.05, 0) is 69.0 Å². The number of aryl methyl sites for hydroxylation is 1. The zero-order chi connectivity index (χ0) is 12.0. The Balaban J connectivity index is 2.45. The van der Waals surface area contributed by atoms with E-state index in [0.717, 1.165) is 31.8 Å². The molecule has 1 aromatic rings. The highest BCUT2D eigenvalue weighted by Gasteiger charge is 2.02. The van der Waals surface area contributed by atoms with Gasteiger partial charge in [0.2, 0.25) is 0 Å². The van der Waals surface area contributed by atoms with Crippen LogP contribution in [-0.4, -0.2) is 19.0 Å². The second-order valence-corrected chi connectivity index (χ2v) is 4.71. The molecule has 0 aromatic heterocycles. The first-order valence-corrected chi connectivity index (χ1v) is 6.52. The van der Waals surface area contributed by atoms with Gasteiger partial charge < -0.3 is 5.32 Å². The van der Waals surface area contributed by atoms with E-state index < -0.39 is 0 Å². The maximum atomic E-state index is 5.62. The molecule has 1 rings (SSSR count). The van der Waals surface area contributed by atoms with Gasteiger partial charge in [0, 0.05) is 5.88 Å². The molecular weight excluding hydrogens is 218 g/mol. The Morgan fingerprint density at radius 1 is 1.06 bits per heavy atom. The van der Waals surface area contributed by atoms with Crippen LogP contribution in [0.15, 0.2) is 12.1 Å². The Morgan fingerprint density at radius 3 is 2.50 bits per heavy atom. The Kier molecular flexibility index (Phi) is 5.86. The Morgan fingerprint density at radius 2 is 1.81 bits per heavy atom. The molecule has 0 spiro atoms. The minimum absolute atomic E-state index is 0.746.